The SMILES string of the molecule is COC(=O)c1ccc(Cl)c(NC(=O)COC(=O)c2cccn2C)c1. The Morgan fingerprint density at radius 2 is 1.96 bits per heavy atom. The Bertz CT molecular complexity index is 785. The fraction of sp³-hybridized carbons (Fsp3) is 0.188. The predicted octanol–water partition coefficient (Wildman–Crippen LogP) is 2.26. The van der Waals surface area contributed by atoms with Gasteiger partial charge in [-0.2, -0.15) is 0 Å². The highest BCUT2D eigenvalue weighted by atomic mass is 35.5. The molecule has 0 atom stereocenters. The van der Waals surface area contributed by atoms with Crippen LogP contribution < -0.4 is 5.32 Å². The molecule has 2 rings (SSSR count). The summed E-state index contributed by atoms with van der Waals surface area (Å²) in [6, 6.07) is 7.58. The molecule has 0 aliphatic rings. The Morgan fingerprint density at radius 1 is 1.21 bits per heavy atom. The van der Waals surface area contributed by atoms with Crippen LogP contribution in [0.15, 0.2) is 36.5 Å². The zero-order chi connectivity index (χ0) is 17.7. The lowest BCUT2D eigenvalue weighted by Gasteiger charge is -2.09. The number of carbonyl (C=O) groups is 3. The van der Waals surface area contributed by atoms with Crippen LogP contribution in [-0.2, 0) is 21.3 Å². The van der Waals surface area contributed by atoms with Gasteiger partial charge in [0.2, 0.25) is 0 Å². The number of rotatable bonds is 5. The van der Waals surface area contributed by atoms with Gasteiger partial charge in [-0.3, -0.25) is 4.79 Å². The number of esters is 2. The number of aryl methyl sites for hydroxylation is 1. The van der Waals surface area contributed by atoms with Crippen molar-refractivity contribution in [3.63, 3.8) is 0 Å². The van der Waals surface area contributed by atoms with Gasteiger partial charge in [0, 0.05) is 13.2 Å². The minimum Gasteiger partial charge on any atom is -0.465 e. The average Bonchev–Trinajstić information content (AvgIpc) is 3.00. The van der Waals surface area contributed by atoms with Gasteiger partial charge in [-0.15, -0.1) is 0 Å². The molecule has 126 valence electrons. The molecule has 1 N–H and O–H groups in total. The number of aromatic nitrogens is 1. The first-order valence-corrected chi connectivity index (χ1v) is 7.26. The number of carbonyl (C=O) groups excluding carboxylic acids is 3. The molecule has 0 aliphatic carbocycles. The Balaban J connectivity index is 1.98. The first kappa shape index (κ1) is 17.6. The van der Waals surface area contributed by atoms with E-state index in [9.17, 15) is 14.4 Å². The molecule has 0 spiro atoms. The monoisotopic (exact) mass is 350 g/mol. The van der Waals surface area contributed by atoms with E-state index in [0.717, 1.165) is 0 Å². The number of hydrogen-bond acceptors (Lipinski definition) is 5. The number of amides is 1. The normalized spacial score (nSPS) is 10.1. The van der Waals surface area contributed by atoms with Crippen LogP contribution >= 0.6 is 11.6 Å². The number of nitrogens with one attached hydrogen (secondary N) is 1. The number of methoxy groups -OCH3 is 1. The minimum atomic E-state index is -0.618. The van der Waals surface area contributed by atoms with Crippen LogP contribution in [0.1, 0.15) is 20.8 Å². The van der Waals surface area contributed by atoms with E-state index in [-0.39, 0.29) is 16.3 Å². The largest absolute Gasteiger partial charge is 0.465 e. The van der Waals surface area contributed by atoms with Gasteiger partial charge in [-0.05, 0) is 30.3 Å². The zero-order valence-corrected chi connectivity index (χ0v) is 13.8. The summed E-state index contributed by atoms with van der Waals surface area (Å²) in [7, 11) is 2.94. The van der Waals surface area contributed by atoms with Gasteiger partial charge in [-0.1, -0.05) is 11.6 Å². The van der Waals surface area contributed by atoms with E-state index in [1.54, 1.807) is 29.9 Å². The zero-order valence-electron chi connectivity index (χ0n) is 13.0. The quantitative estimate of drug-likeness (QED) is 0.836. The second kappa shape index (κ2) is 7.65. The first-order valence-electron chi connectivity index (χ1n) is 6.88. The molecule has 1 amide bonds. The second-order valence-electron chi connectivity index (χ2n) is 4.81. The third-order valence-electron chi connectivity index (χ3n) is 3.15. The Morgan fingerprint density at radius 3 is 2.58 bits per heavy atom. The summed E-state index contributed by atoms with van der Waals surface area (Å²) in [6.45, 7) is -0.483. The van der Waals surface area contributed by atoms with E-state index in [1.165, 1.54) is 25.3 Å². The van der Waals surface area contributed by atoms with Crippen molar-refractivity contribution >= 4 is 35.1 Å². The molecule has 0 bridgehead atoms. The highest BCUT2D eigenvalue weighted by Gasteiger charge is 2.15. The summed E-state index contributed by atoms with van der Waals surface area (Å²) < 4.78 is 11.1. The lowest BCUT2D eigenvalue weighted by atomic mass is 10.2. The van der Waals surface area contributed by atoms with Gasteiger partial charge in [0.1, 0.15) is 5.69 Å². The van der Waals surface area contributed by atoms with Crippen molar-refractivity contribution in [1.82, 2.24) is 4.57 Å². The molecule has 8 heteroatoms. The highest BCUT2D eigenvalue weighted by Crippen LogP contribution is 2.23. The Labute approximate surface area is 143 Å². The van der Waals surface area contributed by atoms with Crippen LogP contribution in [0.25, 0.3) is 0 Å². The Hall–Kier alpha value is -2.80. The lowest BCUT2D eigenvalue weighted by molar-refractivity contribution is -0.119. The molecule has 1 heterocycles. The Kier molecular flexibility index (Phi) is 5.59. The van der Waals surface area contributed by atoms with Crippen molar-refractivity contribution in [2.45, 2.75) is 0 Å². The van der Waals surface area contributed by atoms with E-state index < -0.39 is 24.5 Å². The first-order chi connectivity index (χ1) is 11.4. The molecular formula is C16H15ClN2O5. The van der Waals surface area contributed by atoms with E-state index in [1.807, 2.05) is 0 Å². The number of nitrogens with zero attached hydrogens (tertiary/aromatic N) is 1. The van der Waals surface area contributed by atoms with Crippen LogP contribution in [0.2, 0.25) is 5.02 Å². The summed E-state index contributed by atoms with van der Waals surface area (Å²) in [6.07, 6.45) is 1.69. The molecule has 0 saturated carbocycles. The predicted molar refractivity (Wildman–Crippen MR) is 87.1 cm³/mol. The van der Waals surface area contributed by atoms with Gasteiger partial charge in [-0.25, -0.2) is 9.59 Å². The van der Waals surface area contributed by atoms with Gasteiger partial charge in [0.15, 0.2) is 6.61 Å². The average molecular weight is 351 g/mol. The van der Waals surface area contributed by atoms with Gasteiger partial charge >= 0.3 is 11.9 Å². The fourth-order valence-electron chi connectivity index (χ4n) is 1.93. The maximum atomic E-state index is 11.9. The van der Waals surface area contributed by atoms with Crippen molar-refractivity contribution in [1.29, 1.82) is 0 Å². The second-order valence-corrected chi connectivity index (χ2v) is 5.22. The maximum Gasteiger partial charge on any atom is 0.355 e. The summed E-state index contributed by atoms with van der Waals surface area (Å²) >= 11 is 5.97. The fourth-order valence-corrected chi connectivity index (χ4v) is 2.10. The van der Waals surface area contributed by atoms with Crippen LogP contribution in [0.3, 0.4) is 0 Å². The van der Waals surface area contributed by atoms with Crippen molar-refractivity contribution in [3.05, 3.63) is 52.8 Å². The van der Waals surface area contributed by atoms with Crippen LogP contribution in [0.5, 0.6) is 0 Å². The van der Waals surface area contributed by atoms with Crippen molar-refractivity contribution < 1.29 is 23.9 Å². The molecule has 7 nitrogen and oxygen atoms in total. The number of hydrogen-bond donors (Lipinski definition) is 1. The highest BCUT2D eigenvalue weighted by molar-refractivity contribution is 6.33. The number of halogens is 1. The number of ether oxygens (including phenoxy) is 2. The van der Waals surface area contributed by atoms with Gasteiger partial charge < -0.3 is 19.4 Å². The molecule has 24 heavy (non-hydrogen) atoms. The van der Waals surface area contributed by atoms with E-state index in [0.29, 0.717) is 5.69 Å². The standard InChI is InChI=1S/C16H15ClN2O5/c1-19-7-3-4-13(19)16(22)24-9-14(20)18-12-8-10(15(21)23-2)5-6-11(12)17/h3-8H,9H2,1-2H3,(H,18,20). The van der Waals surface area contributed by atoms with Crippen LogP contribution in [0.4, 0.5) is 5.69 Å². The van der Waals surface area contributed by atoms with E-state index in [4.69, 9.17) is 16.3 Å². The summed E-state index contributed by atoms with van der Waals surface area (Å²) in [4.78, 5) is 35.2. The van der Waals surface area contributed by atoms with E-state index >= 15 is 0 Å². The lowest BCUT2D eigenvalue weighted by Crippen LogP contribution is -2.22. The molecular weight excluding hydrogens is 336 g/mol. The number of benzene rings is 1. The smallest absolute Gasteiger partial charge is 0.355 e. The molecule has 0 saturated heterocycles. The molecule has 2 aromatic rings. The van der Waals surface area contributed by atoms with Crippen LogP contribution in [-0.4, -0.2) is 36.1 Å². The molecule has 0 unspecified atom stereocenters. The summed E-state index contributed by atoms with van der Waals surface area (Å²) in [5.74, 6) is -1.76. The van der Waals surface area contributed by atoms with Crippen molar-refractivity contribution in [2.75, 3.05) is 19.0 Å². The van der Waals surface area contributed by atoms with E-state index in [2.05, 4.69) is 10.1 Å². The molecule has 0 aliphatic heterocycles. The molecule has 1 aromatic carbocycles. The molecule has 0 fully saturated rings. The minimum absolute atomic E-state index is 0.222. The van der Waals surface area contributed by atoms with Crippen molar-refractivity contribution in [2.24, 2.45) is 7.05 Å². The summed E-state index contributed by atoms with van der Waals surface area (Å²) in [5, 5.41) is 2.72. The maximum absolute atomic E-state index is 11.9. The topological polar surface area (TPSA) is 86.6 Å². The van der Waals surface area contributed by atoms with Crippen molar-refractivity contribution in [3.8, 4) is 0 Å². The molecule has 0 radical (unpaired) electrons. The summed E-state index contributed by atoms with van der Waals surface area (Å²) in [5.41, 5.74) is 0.783. The van der Waals surface area contributed by atoms with Gasteiger partial charge in [0.05, 0.1) is 23.4 Å². The third kappa shape index (κ3) is 4.14. The number of anilines is 1. The van der Waals surface area contributed by atoms with Gasteiger partial charge in [0.25, 0.3) is 5.91 Å². The molecule has 1 aromatic heterocycles. The van der Waals surface area contributed by atoms with Crippen LogP contribution in [0, 0.1) is 0 Å². The third-order valence-corrected chi connectivity index (χ3v) is 3.48.